The lowest BCUT2D eigenvalue weighted by Crippen LogP contribution is -2.20. The molecule has 0 amide bonds. The Hall–Kier alpha value is -0.820. The third-order valence-electron chi connectivity index (χ3n) is 2.83. The van der Waals surface area contributed by atoms with Crippen LogP contribution in [0.2, 0.25) is 0 Å². The molecule has 94 valence electrons. The van der Waals surface area contributed by atoms with Crippen LogP contribution in [0, 0.1) is 11.8 Å². The summed E-state index contributed by atoms with van der Waals surface area (Å²) in [7, 11) is 2.01. The fourth-order valence-electron chi connectivity index (χ4n) is 1.62. The highest BCUT2D eigenvalue weighted by atomic mass is 32.2. The van der Waals surface area contributed by atoms with Crippen molar-refractivity contribution in [2.45, 2.75) is 17.7 Å². The second-order valence-corrected chi connectivity index (χ2v) is 6.56. The Morgan fingerprint density at radius 3 is 2.94 bits per heavy atom. The SMILES string of the molecule is CC1CC1CN(C)c1nnc(SCC(=O)O)s1. The van der Waals surface area contributed by atoms with Gasteiger partial charge in [0.25, 0.3) is 0 Å². The minimum Gasteiger partial charge on any atom is -0.481 e. The summed E-state index contributed by atoms with van der Waals surface area (Å²) in [6, 6.07) is 0. The van der Waals surface area contributed by atoms with Gasteiger partial charge in [-0.15, -0.1) is 10.2 Å². The van der Waals surface area contributed by atoms with Gasteiger partial charge >= 0.3 is 5.97 Å². The zero-order valence-electron chi connectivity index (χ0n) is 9.79. The van der Waals surface area contributed by atoms with Crippen LogP contribution in [0.4, 0.5) is 5.13 Å². The average Bonchev–Trinajstić information content (AvgIpc) is 2.81. The molecule has 1 aromatic heterocycles. The van der Waals surface area contributed by atoms with Gasteiger partial charge in [0.1, 0.15) is 0 Å². The molecule has 0 aromatic carbocycles. The van der Waals surface area contributed by atoms with Crippen LogP contribution < -0.4 is 4.90 Å². The maximum Gasteiger partial charge on any atom is 0.313 e. The van der Waals surface area contributed by atoms with Crippen LogP contribution in [0.3, 0.4) is 0 Å². The van der Waals surface area contributed by atoms with E-state index in [1.807, 2.05) is 7.05 Å². The standard InChI is InChI=1S/C10H15N3O2S2/c1-6-3-7(6)4-13(2)9-11-12-10(17-9)16-5-8(14)15/h6-7H,3-5H2,1-2H3,(H,14,15). The summed E-state index contributed by atoms with van der Waals surface area (Å²) >= 11 is 2.68. The predicted octanol–water partition coefficient (Wildman–Crippen LogP) is 1.81. The number of carboxylic acids is 1. The normalized spacial score (nSPS) is 22.5. The molecular formula is C10H15N3O2S2. The maximum atomic E-state index is 10.4. The molecule has 1 aliphatic rings. The number of hydrogen-bond donors (Lipinski definition) is 1. The Balaban J connectivity index is 1.86. The van der Waals surface area contributed by atoms with Crippen molar-refractivity contribution in [3.8, 4) is 0 Å². The molecule has 0 bridgehead atoms. The van der Waals surface area contributed by atoms with Gasteiger partial charge in [0.2, 0.25) is 5.13 Å². The third kappa shape index (κ3) is 3.57. The quantitative estimate of drug-likeness (QED) is 0.797. The van der Waals surface area contributed by atoms with Crippen molar-refractivity contribution in [3.63, 3.8) is 0 Å². The molecule has 1 heterocycles. The Morgan fingerprint density at radius 2 is 2.35 bits per heavy atom. The summed E-state index contributed by atoms with van der Waals surface area (Å²) < 4.78 is 0.720. The lowest BCUT2D eigenvalue weighted by atomic mass is 10.3. The Labute approximate surface area is 108 Å². The van der Waals surface area contributed by atoms with Gasteiger partial charge in [-0.1, -0.05) is 30.0 Å². The van der Waals surface area contributed by atoms with Crippen molar-refractivity contribution >= 4 is 34.2 Å². The average molecular weight is 273 g/mol. The number of aliphatic carboxylic acids is 1. The highest BCUT2D eigenvalue weighted by molar-refractivity contribution is 8.01. The van der Waals surface area contributed by atoms with Gasteiger partial charge in [-0.25, -0.2) is 0 Å². The van der Waals surface area contributed by atoms with E-state index in [1.165, 1.54) is 29.5 Å². The first-order valence-electron chi connectivity index (χ1n) is 5.45. The van der Waals surface area contributed by atoms with Crippen LogP contribution in [-0.4, -0.2) is 40.6 Å². The summed E-state index contributed by atoms with van der Waals surface area (Å²) in [5.74, 6) is 0.815. The lowest BCUT2D eigenvalue weighted by molar-refractivity contribution is -0.133. The summed E-state index contributed by atoms with van der Waals surface area (Å²) in [5.41, 5.74) is 0. The molecule has 5 nitrogen and oxygen atoms in total. The number of carboxylic acid groups (broad SMARTS) is 1. The number of nitrogens with zero attached hydrogens (tertiary/aromatic N) is 3. The van der Waals surface area contributed by atoms with Crippen LogP contribution in [0.1, 0.15) is 13.3 Å². The molecule has 1 aromatic rings. The molecule has 0 saturated heterocycles. The molecule has 1 N–H and O–H groups in total. The summed E-state index contributed by atoms with van der Waals surface area (Å²) in [6.07, 6.45) is 1.30. The zero-order valence-corrected chi connectivity index (χ0v) is 11.4. The smallest absolute Gasteiger partial charge is 0.313 e. The molecule has 17 heavy (non-hydrogen) atoms. The van der Waals surface area contributed by atoms with E-state index in [4.69, 9.17) is 5.11 Å². The van der Waals surface area contributed by atoms with Crippen LogP contribution in [-0.2, 0) is 4.79 Å². The molecule has 0 aliphatic heterocycles. The molecule has 1 aliphatic carbocycles. The first-order valence-corrected chi connectivity index (χ1v) is 7.25. The molecule has 7 heteroatoms. The lowest BCUT2D eigenvalue weighted by Gasteiger charge is -2.13. The predicted molar refractivity (Wildman–Crippen MR) is 68.8 cm³/mol. The van der Waals surface area contributed by atoms with E-state index in [0.717, 1.165) is 27.9 Å². The minimum atomic E-state index is -0.827. The fraction of sp³-hybridized carbons (Fsp3) is 0.700. The van der Waals surface area contributed by atoms with E-state index in [2.05, 4.69) is 22.0 Å². The van der Waals surface area contributed by atoms with Crippen LogP contribution >= 0.6 is 23.1 Å². The van der Waals surface area contributed by atoms with Gasteiger partial charge in [-0.2, -0.15) is 0 Å². The number of anilines is 1. The van der Waals surface area contributed by atoms with Gasteiger partial charge < -0.3 is 10.0 Å². The van der Waals surface area contributed by atoms with Gasteiger partial charge in [0, 0.05) is 13.6 Å². The molecule has 1 saturated carbocycles. The van der Waals surface area contributed by atoms with E-state index in [1.54, 1.807) is 0 Å². The molecule has 0 spiro atoms. The molecular weight excluding hydrogens is 258 g/mol. The highest BCUT2D eigenvalue weighted by Gasteiger charge is 2.33. The largest absolute Gasteiger partial charge is 0.481 e. The van der Waals surface area contributed by atoms with Crippen LogP contribution in [0.25, 0.3) is 0 Å². The second kappa shape index (κ2) is 5.22. The van der Waals surface area contributed by atoms with Crippen LogP contribution in [0.5, 0.6) is 0 Å². The Morgan fingerprint density at radius 1 is 1.65 bits per heavy atom. The summed E-state index contributed by atoms with van der Waals surface area (Å²) in [5, 5.41) is 17.5. The van der Waals surface area contributed by atoms with Gasteiger partial charge in [-0.05, 0) is 18.3 Å². The van der Waals surface area contributed by atoms with Crippen molar-refractivity contribution in [3.05, 3.63) is 0 Å². The molecule has 1 fully saturated rings. The third-order valence-corrected chi connectivity index (χ3v) is 4.98. The van der Waals surface area contributed by atoms with Gasteiger partial charge in [0.15, 0.2) is 4.34 Å². The highest BCUT2D eigenvalue weighted by Crippen LogP contribution is 2.39. The van der Waals surface area contributed by atoms with E-state index in [0.29, 0.717) is 0 Å². The minimum absolute atomic E-state index is 0.0397. The molecule has 2 atom stereocenters. The number of rotatable bonds is 6. The fourth-order valence-corrected chi connectivity index (χ4v) is 3.15. The molecule has 2 unspecified atom stereocenters. The zero-order chi connectivity index (χ0) is 12.4. The number of hydrogen-bond acceptors (Lipinski definition) is 6. The summed E-state index contributed by atoms with van der Waals surface area (Å²) in [4.78, 5) is 12.5. The first kappa shape index (κ1) is 12.6. The van der Waals surface area contributed by atoms with Crippen LogP contribution in [0.15, 0.2) is 4.34 Å². The van der Waals surface area contributed by atoms with Crippen molar-refractivity contribution in [2.75, 3.05) is 24.2 Å². The van der Waals surface area contributed by atoms with E-state index >= 15 is 0 Å². The topological polar surface area (TPSA) is 66.3 Å². The Bertz CT molecular complexity index is 410. The number of aromatic nitrogens is 2. The molecule has 0 radical (unpaired) electrons. The van der Waals surface area contributed by atoms with Crippen molar-refractivity contribution in [1.29, 1.82) is 0 Å². The van der Waals surface area contributed by atoms with E-state index in [9.17, 15) is 4.79 Å². The number of thioether (sulfide) groups is 1. The monoisotopic (exact) mass is 273 g/mol. The first-order chi connectivity index (χ1) is 8.06. The van der Waals surface area contributed by atoms with Crippen molar-refractivity contribution in [2.24, 2.45) is 11.8 Å². The number of carbonyl (C=O) groups is 1. The van der Waals surface area contributed by atoms with E-state index < -0.39 is 5.97 Å². The maximum absolute atomic E-state index is 10.4. The summed E-state index contributed by atoms with van der Waals surface area (Å²) in [6.45, 7) is 3.27. The Kier molecular flexibility index (Phi) is 3.88. The molecule has 2 rings (SSSR count). The van der Waals surface area contributed by atoms with Gasteiger partial charge in [0.05, 0.1) is 5.75 Å². The van der Waals surface area contributed by atoms with Crippen molar-refractivity contribution in [1.82, 2.24) is 10.2 Å². The van der Waals surface area contributed by atoms with E-state index in [-0.39, 0.29) is 5.75 Å². The van der Waals surface area contributed by atoms with Crippen molar-refractivity contribution < 1.29 is 9.90 Å². The second-order valence-electron chi connectivity index (χ2n) is 4.39. The van der Waals surface area contributed by atoms with Gasteiger partial charge in [-0.3, -0.25) is 4.79 Å².